The Kier molecular flexibility index (Phi) is 8.34. The number of nitrogens with two attached hydrogens (primary N) is 1. The maximum atomic E-state index is 12.0. The second-order valence-corrected chi connectivity index (χ2v) is 5.12. The Labute approximate surface area is 127 Å². The van der Waals surface area contributed by atoms with Gasteiger partial charge in [-0.15, -0.1) is 0 Å². The van der Waals surface area contributed by atoms with Gasteiger partial charge in [0.25, 0.3) is 0 Å². The Morgan fingerprint density at radius 2 is 1.59 bits per heavy atom. The van der Waals surface area contributed by atoms with Crippen LogP contribution in [0.25, 0.3) is 0 Å². The lowest BCUT2D eigenvalue weighted by atomic mass is 10.0. The Bertz CT molecular complexity index is 426. The molecule has 0 unspecified atom stereocenters. The van der Waals surface area contributed by atoms with Gasteiger partial charge in [-0.2, -0.15) is 0 Å². The van der Waals surface area contributed by atoms with Gasteiger partial charge in [-0.3, -0.25) is 9.59 Å². The van der Waals surface area contributed by atoms with Gasteiger partial charge in [0.2, 0.25) is 11.8 Å². The van der Waals surface area contributed by atoms with Crippen LogP contribution >= 0.6 is 0 Å². The normalized spacial score (nSPS) is 13.0. The summed E-state index contributed by atoms with van der Waals surface area (Å²) in [4.78, 5) is 44.4. The highest BCUT2D eigenvalue weighted by atomic mass is 16.4. The minimum atomic E-state index is -1.44. The molecule has 22 heavy (non-hydrogen) atoms. The number of rotatable bonds is 9. The predicted octanol–water partition coefficient (Wildman–Crippen LogP) is -0.703. The van der Waals surface area contributed by atoms with Crippen molar-refractivity contribution in [3.8, 4) is 0 Å². The van der Waals surface area contributed by atoms with Crippen molar-refractivity contribution in [1.82, 2.24) is 16.0 Å². The van der Waals surface area contributed by atoms with Crippen molar-refractivity contribution in [2.75, 3.05) is 6.54 Å². The molecule has 4 amide bonds. The van der Waals surface area contributed by atoms with E-state index in [4.69, 9.17) is 15.9 Å². The third kappa shape index (κ3) is 8.61. The van der Waals surface area contributed by atoms with Crippen LogP contribution in [0.1, 0.15) is 26.7 Å². The maximum Gasteiger partial charge on any atom is 0.405 e. The second-order valence-electron chi connectivity index (χ2n) is 5.12. The van der Waals surface area contributed by atoms with Crippen LogP contribution in [0.2, 0.25) is 0 Å². The highest BCUT2D eigenvalue weighted by Gasteiger charge is 2.25. The lowest BCUT2D eigenvalue weighted by Crippen LogP contribution is -2.53. The number of nitrogens with one attached hydrogen (secondary N) is 3. The van der Waals surface area contributed by atoms with Crippen LogP contribution in [0.5, 0.6) is 0 Å². The monoisotopic (exact) mass is 318 g/mol. The van der Waals surface area contributed by atoms with Crippen molar-refractivity contribution in [3.05, 3.63) is 0 Å². The fraction of sp³-hybridized carbons (Fsp3) is 0.667. The molecule has 0 heterocycles. The number of hydrogen-bond acceptors (Lipinski definition) is 4. The summed E-state index contributed by atoms with van der Waals surface area (Å²) < 4.78 is 0. The van der Waals surface area contributed by atoms with Gasteiger partial charge in [0.1, 0.15) is 12.1 Å². The molecule has 0 rings (SSSR count). The molecule has 0 fully saturated rings. The van der Waals surface area contributed by atoms with Crippen LogP contribution in [0.3, 0.4) is 0 Å². The summed E-state index contributed by atoms with van der Waals surface area (Å²) in [5.41, 5.74) is 5.19. The molecular formula is C12H22N4O6. The maximum absolute atomic E-state index is 12.0. The molecule has 7 N–H and O–H groups in total. The molecule has 0 aromatic rings. The standard InChI is InChI=1S/C12H22N4O6/c1-6(2)5-8(9(13)17)15-10(18)7(16-12(21)22)3-4-14-11(19)20/h6-8,14,16H,3-5H2,1-2H3,(H2,13,17)(H,15,18)(H,19,20)(H,21,22)/t7-,8-/m0/s1. The molecule has 0 aromatic carbocycles. The number of hydrogen-bond donors (Lipinski definition) is 6. The summed E-state index contributed by atoms with van der Waals surface area (Å²) in [5.74, 6) is -1.36. The van der Waals surface area contributed by atoms with Gasteiger partial charge in [0, 0.05) is 6.54 Å². The van der Waals surface area contributed by atoms with E-state index in [2.05, 4.69) is 5.32 Å². The third-order valence-electron chi connectivity index (χ3n) is 2.69. The molecule has 0 radical (unpaired) electrons. The summed E-state index contributed by atoms with van der Waals surface area (Å²) in [6, 6.07) is -2.11. The lowest BCUT2D eigenvalue weighted by molar-refractivity contribution is -0.128. The van der Waals surface area contributed by atoms with E-state index in [9.17, 15) is 19.2 Å². The molecule has 10 nitrogen and oxygen atoms in total. The van der Waals surface area contributed by atoms with Crippen molar-refractivity contribution < 1.29 is 29.4 Å². The zero-order valence-electron chi connectivity index (χ0n) is 12.5. The van der Waals surface area contributed by atoms with Crippen LogP contribution in [-0.2, 0) is 9.59 Å². The Morgan fingerprint density at radius 1 is 1.00 bits per heavy atom. The first-order valence-corrected chi connectivity index (χ1v) is 6.69. The first-order valence-electron chi connectivity index (χ1n) is 6.69. The fourth-order valence-electron chi connectivity index (χ4n) is 1.73. The Balaban J connectivity index is 4.73. The first-order chi connectivity index (χ1) is 10.1. The lowest BCUT2D eigenvalue weighted by Gasteiger charge is -2.22. The van der Waals surface area contributed by atoms with Crippen molar-refractivity contribution in [1.29, 1.82) is 0 Å². The zero-order valence-corrected chi connectivity index (χ0v) is 12.5. The molecule has 0 spiro atoms. The van der Waals surface area contributed by atoms with E-state index >= 15 is 0 Å². The van der Waals surface area contributed by atoms with Crippen molar-refractivity contribution >= 4 is 24.0 Å². The Morgan fingerprint density at radius 3 is 2.00 bits per heavy atom. The summed E-state index contributed by atoms with van der Waals surface area (Å²) >= 11 is 0. The molecule has 0 aliphatic rings. The van der Waals surface area contributed by atoms with E-state index in [1.807, 2.05) is 24.5 Å². The summed E-state index contributed by atoms with van der Waals surface area (Å²) in [6.07, 6.45) is -2.51. The topological polar surface area (TPSA) is 171 Å². The molecule has 10 heteroatoms. The van der Waals surface area contributed by atoms with E-state index < -0.39 is 36.1 Å². The SMILES string of the molecule is CC(C)C[C@H](NC(=O)[C@H](CCNC(=O)O)NC(=O)O)C(N)=O. The molecule has 126 valence electrons. The minimum absolute atomic E-state index is 0.0948. The molecule has 0 aliphatic carbocycles. The number of carbonyl (C=O) groups is 4. The van der Waals surface area contributed by atoms with Crippen LogP contribution < -0.4 is 21.7 Å². The summed E-state index contributed by atoms with van der Waals surface area (Å²) in [7, 11) is 0. The average molecular weight is 318 g/mol. The minimum Gasteiger partial charge on any atom is -0.465 e. The van der Waals surface area contributed by atoms with Crippen molar-refractivity contribution in [2.45, 2.75) is 38.8 Å². The highest BCUT2D eigenvalue weighted by Crippen LogP contribution is 2.05. The van der Waals surface area contributed by atoms with E-state index in [0.29, 0.717) is 6.42 Å². The van der Waals surface area contributed by atoms with Crippen molar-refractivity contribution in [2.24, 2.45) is 11.7 Å². The quantitative estimate of drug-likeness (QED) is 0.328. The van der Waals surface area contributed by atoms with Crippen LogP contribution in [0.15, 0.2) is 0 Å². The van der Waals surface area contributed by atoms with Gasteiger partial charge < -0.3 is 31.9 Å². The largest absolute Gasteiger partial charge is 0.465 e. The van der Waals surface area contributed by atoms with E-state index in [-0.39, 0.29) is 18.9 Å². The number of carboxylic acid groups (broad SMARTS) is 2. The fourth-order valence-corrected chi connectivity index (χ4v) is 1.73. The smallest absolute Gasteiger partial charge is 0.405 e. The van der Waals surface area contributed by atoms with Gasteiger partial charge in [0.05, 0.1) is 0 Å². The van der Waals surface area contributed by atoms with Gasteiger partial charge in [0.15, 0.2) is 0 Å². The van der Waals surface area contributed by atoms with E-state index in [0.717, 1.165) is 0 Å². The average Bonchev–Trinajstić information content (AvgIpc) is 2.35. The second kappa shape index (κ2) is 9.42. The molecule has 0 bridgehead atoms. The van der Waals surface area contributed by atoms with Gasteiger partial charge in [-0.1, -0.05) is 13.8 Å². The van der Waals surface area contributed by atoms with Crippen LogP contribution in [0.4, 0.5) is 9.59 Å². The molecule has 0 aromatic heterocycles. The van der Waals surface area contributed by atoms with Gasteiger partial charge in [-0.05, 0) is 18.8 Å². The Hall–Kier alpha value is -2.52. The van der Waals surface area contributed by atoms with Gasteiger partial charge in [-0.25, -0.2) is 9.59 Å². The highest BCUT2D eigenvalue weighted by molar-refractivity contribution is 5.90. The molecule has 0 saturated heterocycles. The van der Waals surface area contributed by atoms with Crippen LogP contribution in [0, 0.1) is 5.92 Å². The number of primary amides is 1. The number of amides is 4. The molecular weight excluding hydrogens is 296 g/mol. The van der Waals surface area contributed by atoms with Gasteiger partial charge >= 0.3 is 12.2 Å². The van der Waals surface area contributed by atoms with E-state index in [1.165, 1.54) is 0 Å². The predicted molar refractivity (Wildman–Crippen MR) is 76.2 cm³/mol. The zero-order chi connectivity index (χ0) is 17.3. The van der Waals surface area contributed by atoms with E-state index in [1.54, 1.807) is 0 Å². The van der Waals surface area contributed by atoms with Crippen LogP contribution in [-0.4, -0.2) is 52.8 Å². The number of carbonyl (C=O) groups excluding carboxylic acids is 2. The molecule has 2 atom stereocenters. The molecule has 0 aliphatic heterocycles. The summed E-state index contributed by atoms with van der Waals surface area (Å²) in [6.45, 7) is 3.55. The summed E-state index contributed by atoms with van der Waals surface area (Å²) in [5, 5.41) is 23.5. The van der Waals surface area contributed by atoms with Crippen molar-refractivity contribution in [3.63, 3.8) is 0 Å². The first kappa shape index (κ1) is 19.5. The molecule has 0 saturated carbocycles. The third-order valence-corrected chi connectivity index (χ3v) is 2.69.